The normalized spacial score (nSPS) is 10.5. The van der Waals surface area contributed by atoms with E-state index >= 15 is 0 Å². The topological polar surface area (TPSA) is 76.1 Å². The van der Waals surface area contributed by atoms with E-state index in [-0.39, 0.29) is 30.9 Å². The Morgan fingerprint density at radius 3 is 2.59 bits per heavy atom. The van der Waals surface area contributed by atoms with Gasteiger partial charge in [0.05, 0.1) is 13.0 Å². The summed E-state index contributed by atoms with van der Waals surface area (Å²) in [4.78, 5) is 24.0. The molecule has 0 aliphatic carbocycles. The number of carboxylic acid groups (broad SMARTS) is 1. The van der Waals surface area contributed by atoms with Crippen molar-refractivity contribution in [1.29, 1.82) is 0 Å². The van der Waals surface area contributed by atoms with Crippen molar-refractivity contribution in [2.45, 2.75) is 13.0 Å². The van der Waals surface area contributed by atoms with Crippen molar-refractivity contribution in [3.05, 3.63) is 29.8 Å². The van der Waals surface area contributed by atoms with E-state index in [2.05, 4.69) is 4.74 Å². The van der Waals surface area contributed by atoms with Crippen molar-refractivity contribution >= 4 is 11.9 Å². The lowest BCUT2D eigenvalue weighted by Gasteiger charge is -2.21. The minimum Gasteiger partial charge on any atom is -0.480 e. The van der Waals surface area contributed by atoms with Gasteiger partial charge in [-0.3, -0.25) is 9.59 Å². The second-order valence-electron chi connectivity index (χ2n) is 4.36. The summed E-state index contributed by atoms with van der Waals surface area (Å²) in [5, 5.41) is 8.81. The number of ether oxygens (including phenoxy) is 2. The summed E-state index contributed by atoms with van der Waals surface area (Å²) in [5.74, 6) is -1.78. The highest BCUT2D eigenvalue weighted by Gasteiger charge is 2.19. The molecular weight excluding hydrogens is 300 g/mol. The molecule has 122 valence electrons. The maximum absolute atomic E-state index is 12.3. The zero-order valence-corrected chi connectivity index (χ0v) is 12.0. The van der Waals surface area contributed by atoms with Crippen LogP contribution in [0.25, 0.3) is 0 Å². The van der Waals surface area contributed by atoms with Gasteiger partial charge in [0.15, 0.2) is 0 Å². The van der Waals surface area contributed by atoms with Crippen LogP contribution in [-0.2, 0) is 20.7 Å². The number of carbonyl (C=O) groups excluding carboxylic acids is 1. The summed E-state index contributed by atoms with van der Waals surface area (Å²) in [5.41, 5.74) is 0.264. The first-order valence-electron chi connectivity index (χ1n) is 6.45. The molecule has 1 aromatic carbocycles. The van der Waals surface area contributed by atoms with E-state index < -0.39 is 25.0 Å². The summed E-state index contributed by atoms with van der Waals surface area (Å²) < 4.78 is 33.8. The first kappa shape index (κ1) is 17.8. The van der Waals surface area contributed by atoms with E-state index in [0.29, 0.717) is 0 Å². The molecule has 0 unspecified atom stereocenters. The van der Waals surface area contributed by atoms with Gasteiger partial charge >= 0.3 is 12.6 Å². The number of nitrogens with zero attached hydrogens (tertiary/aromatic N) is 1. The van der Waals surface area contributed by atoms with Crippen LogP contribution in [0.1, 0.15) is 5.56 Å². The first-order chi connectivity index (χ1) is 10.4. The molecule has 1 N–H and O–H groups in total. The van der Waals surface area contributed by atoms with Crippen LogP contribution < -0.4 is 4.74 Å². The first-order valence-corrected chi connectivity index (χ1v) is 6.45. The fourth-order valence-electron chi connectivity index (χ4n) is 1.79. The summed E-state index contributed by atoms with van der Waals surface area (Å²) >= 11 is 0. The molecular formula is C14H17F2NO5. The van der Waals surface area contributed by atoms with Gasteiger partial charge in [-0.1, -0.05) is 18.2 Å². The van der Waals surface area contributed by atoms with E-state index in [9.17, 15) is 18.4 Å². The standard InChI is InChI=1S/C14H17F2NO5/c1-21-7-6-17(9-13(19)20)12(18)8-10-4-2-3-5-11(10)22-14(15)16/h2-5,14H,6-9H2,1H3,(H,19,20). The molecule has 1 rings (SSSR count). The minimum atomic E-state index is -3.00. The Morgan fingerprint density at radius 1 is 1.32 bits per heavy atom. The van der Waals surface area contributed by atoms with Crippen molar-refractivity contribution in [3.8, 4) is 5.75 Å². The Morgan fingerprint density at radius 2 is 2.00 bits per heavy atom. The van der Waals surface area contributed by atoms with Crippen LogP contribution >= 0.6 is 0 Å². The molecule has 0 saturated carbocycles. The van der Waals surface area contributed by atoms with E-state index in [1.807, 2.05) is 0 Å². The number of hydrogen-bond donors (Lipinski definition) is 1. The molecule has 6 nitrogen and oxygen atoms in total. The number of benzene rings is 1. The van der Waals surface area contributed by atoms with E-state index in [1.165, 1.54) is 25.3 Å². The molecule has 8 heteroatoms. The van der Waals surface area contributed by atoms with Gasteiger partial charge in [0.25, 0.3) is 0 Å². The number of halogens is 2. The molecule has 0 bridgehead atoms. The number of methoxy groups -OCH3 is 1. The molecule has 22 heavy (non-hydrogen) atoms. The average molecular weight is 317 g/mol. The van der Waals surface area contributed by atoms with E-state index in [1.54, 1.807) is 6.07 Å². The highest BCUT2D eigenvalue weighted by atomic mass is 19.3. The largest absolute Gasteiger partial charge is 0.480 e. The molecule has 0 radical (unpaired) electrons. The summed E-state index contributed by atoms with van der Waals surface area (Å²) in [7, 11) is 1.43. The van der Waals surface area contributed by atoms with Crippen LogP contribution in [0.2, 0.25) is 0 Å². The number of rotatable bonds is 9. The maximum atomic E-state index is 12.3. The van der Waals surface area contributed by atoms with Crippen molar-refractivity contribution in [2.75, 3.05) is 26.8 Å². The molecule has 0 fully saturated rings. The second-order valence-corrected chi connectivity index (χ2v) is 4.36. The van der Waals surface area contributed by atoms with Gasteiger partial charge in [-0.15, -0.1) is 0 Å². The lowest BCUT2D eigenvalue weighted by atomic mass is 10.1. The van der Waals surface area contributed by atoms with Gasteiger partial charge in [-0.25, -0.2) is 0 Å². The zero-order chi connectivity index (χ0) is 16.5. The van der Waals surface area contributed by atoms with Crippen LogP contribution in [0.3, 0.4) is 0 Å². The van der Waals surface area contributed by atoms with Crippen molar-refractivity contribution in [1.82, 2.24) is 4.90 Å². The molecule has 0 aliphatic heterocycles. The van der Waals surface area contributed by atoms with E-state index in [0.717, 1.165) is 4.90 Å². The Bertz CT molecular complexity index is 510. The van der Waals surface area contributed by atoms with Crippen LogP contribution in [0, 0.1) is 0 Å². The van der Waals surface area contributed by atoms with Gasteiger partial charge < -0.3 is 19.5 Å². The third kappa shape index (κ3) is 6.04. The molecule has 0 aliphatic rings. The monoisotopic (exact) mass is 317 g/mol. The molecule has 0 atom stereocenters. The minimum absolute atomic E-state index is 0.0967. The van der Waals surface area contributed by atoms with Crippen LogP contribution in [0.15, 0.2) is 24.3 Å². The predicted octanol–water partition coefficient (Wildman–Crippen LogP) is 1.39. The number of para-hydroxylation sites is 1. The van der Waals surface area contributed by atoms with Gasteiger partial charge in [-0.2, -0.15) is 8.78 Å². The number of carbonyl (C=O) groups is 2. The zero-order valence-electron chi connectivity index (χ0n) is 12.0. The van der Waals surface area contributed by atoms with Gasteiger partial charge in [0, 0.05) is 19.2 Å². The highest BCUT2D eigenvalue weighted by Crippen LogP contribution is 2.21. The molecule has 0 aromatic heterocycles. The predicted molar refractivity (Wildman–Crippen MR) is 72.9 cm³/mol. The maximum Gasteiger partial charge on any atom is 0.387 e. The third-order valence-corrected chi connectivity index (χ3v) is 2.77. The molecule has 0 heterocycles. The number of amides is 1. The summed E-state index contributed by atoms with van der Waals surface area (Å²) in [6.07, 6.45) is -0.236. The van der Waals surface area contributed by atoms with Gasteiger partial charge in [0.1, 0.15) is 12.3 Å². The Kier molecular flexibility index (Phi) is 7.24. The summed E-state index contributed by atoms with van der Waals surface area (Å²) in [6.45, 7) is -3.21. The fraction of sp³-hybridized carbons (Fsp3) is 0.429. The molecule has 0 spiro atoms. The summed E-state index contributed by atoms with van der Waals surface area (Å²) in [6, 6.07) is 5.89. The van der Waals surface area contributed by atoms with E-state index in [4.69, 9.17) is 9.84 Å². The van der Waals surface area contributed by atoms with Crippen LogP contribution in [0.4, 0.5) is 8.78 Å². The van der Waals surface area contributed by atoms with Gasteiger partial charge in [-0.05, 0) is 6.07 Å². The number of aliphatic carboxylic acids is 1. The Labute approximate surface area is 126 Å². The smallest absolute Gasteiger partial charge is 0.387 e. The molecule has 1 aromatic rings. The Balaban J connectivity index is 2.81. The highest BCUT2D eigenvalue weighted by molar-refractivity contribution is 5.83. The average Bonchev–Trinajstić information content (AvgIpc) is 2.44. The van der Waals surface area contributed by atoms with Gasteiger partial charge in [0.2, 0.25) is 5.91 Å². The Hall–Kier alpha value is -2.22. The second kappa shape index (κ2) is 8.93. The third-order valence-electron chi connectivity index (χ3n) is 2.77. The molecule has 1 amide bonds. The number of alkyl halides is 2. The lowest BCUT2D eigenvalue weighted by molar-refractivity contribution is -0.144. The fourth-order valence-corrected chi connectivity index (χ4v) is 1.79. The number of carboxylic acids is 1. The van der Waals surface area contributed by atoms with Crippen molar-refractivity contribution in [3.63, 3.8) is 0 Å². The van der Waals surface area contributed by atoms with Crippen molar-refractivity contribution in [2.24, 2.45) is 0 Å². The van der Waals surface area contributed by atoms with Crippen LogP contribution in [0.5, 0.6) is 5.75 Å². The number of hydrogen-bond acceptors (Lipinski definition) is 4. The SMILES string of the molecule is COCCN(CC(=O)O)C(=O)Cc1ccccc1OC(F)F. The quantitative estimate of drug-likeness (QED) is 0.745. The van der Waals surface area contributed by atoms with Crippen LogP contribution in [-0.4, -0.2) is 55.3 Å². The molecule has 0 saturated heterocycles. The van der Waals surface area contributed by atoms with Crippen molar-refractivity contribution < 1.29 is 33.0 Å². The lowest BCUT2D eigenvalue weighted by Crippen LogP contribution is -2.39.